The van der Waals surface area contributed by atoms with Gasteiger partial charge in [-0.2, -0.15) is 5.10 Å². The molecule has 0 aromatic carbocycles. The molecule has 0 saturated heterocycles. The molecule has 1 rings (SSSR count). The van der Waals surface area contributed by atoms with E-state index in [1.54, 1.807) is 0 Å². The smallest absolute Gasteiger partial charge is 0.0635 e. The molecule has 3 nitrogen and oxygen atoms in total. The van der Waals surface area contributed by atoms with Crippen molar-refractivity contribution in [2.45, 2.75) is 19.8 Å². The third kappa shape index (κ3) is 3.12. The third-order valence-corrected chi connectivity index (χ3v) is 2.64. The molecule has 0 aliphatic heterocycles. The van der Waals surface area contributed by atoms with E-state index >= 15 is 0 Å². The van der Waals surface area contributed by atoms with Gasteiger partial charge in [0.2, 0.25) is 0 Å². The first-order valence-corrected chi connectivity index (χ1v) is 5.42. The summed E-state index contributed by atoms with van der Waals surface area (Å²) in [5, 5.41) is 7.52. The first-order valence-electron chi connectivity index (χ1n) is 4.62. The number of aryl methyl sites for hydroxylation is 1. The molecule has 0 aliphatic rings. The molecule has 1 aromatic rings. The second kappa shape index (κ2) is 5.40. The quantitative estimate of drug-likeness (QED) is 0.802. The van der Waals surface area contributed by atoms with Gasteiger partial charge in [-0.1, -0.05) is 6.92 Å². The van der Waals surface area contributed by atoms with Crippen molar-refractivity contribution in [2.24, 2.45) is 7.05 Å². The van der Waals surface area contributed by atoms with Crippen molar-refractivity contribution in [3.8, 4) is 0 Å². The van der Waals surface area contributed by atoms with Crippen LogP contribution in [0.4, 0.5) is 0 Å². The average Bonchev–Trinajstić information content (AvgIpc) is 2.42. The molecule has 0 fully saturated rings. The van der Waals surface area contributed by atoms with Gasteiger partial charge in [0, 0.05) is 20.0 Å². The molecule has 0 bridgehead atoms. The lowest BCUT2D eigenvalue weighted by atomic mass is 10.3. The van der Waals surface area contributed by atoms with Crippen molar-refractivity contribution in [1.82, 2.24) is 15.1 Å². The normalized spacial score (nSPS) is 10.7. The monoisotopic (exact) mass is 245 g/mol. The molecule has 74 valence electrons. The van der Waals surface area contributed by atoms with E-state index in [-0.39, 0.29) is 0 Å². The highest BCUT2D eigenvalue weighted by molar-refractivity contribution is 9.10. The predicted octanol–water partition coefficient (Wildman–Crippen LogP) is 1.72. The van der Waals surface area contributed by atoms with E-state index in [1.165, 1.54) is 12.1 Å². The molecule has 1 N–H and O–H groups in total. The maximum Gasteiger partial charge on any atom is 0.0635 e. The van der Waals surface area contributed by atoms with Crippen LogP contribution in [0.2, 0.25) is 0 Å². The van der Waals surface area contributed by atoms with Crippen LogP contribution < -0.4 is 5.32 Å². The summed E-state index contributed by atoms with van der Waals surface area (Å²) in [6.45, 7) is 4.29. The Morgan fingerprint density at radius 3 is 2.85 bits per heavy atom. The maximum atomic E-state index is 4.16. The number of nitrogens with one attached hydrogen (secondary N) is 1. The van der Waals surface area contributed by atoms with Crippen molar-refractivity contribution in [3.05, 3.63) is 16.4 Å². The van der Waals surface area contributed by atoms with Crippen molar-refractivity contribution in [1.29, 1.82) is 0 Å². The van der Waals surface area contributed by atoms with Crippen LogP contribution in [-0.2, 0) is 13.5 Å². The van der Waals surface area contributed by atoms with Crippen LogP contribution in [0.3, 0.4) is 0 Å². The highest BCUT2D eigenvalue weighted by Crippen LogP contribution is 2.14. The Hall–Kier alpha value is -0.350. The fraction of sp³-hybridized carbons (Fsp3) is 0.667. The van der Waals surface area contributed by atoms with Crippen LogP contribution in [0, 0.1) is 0 Å². The molecular formula is C9H16BrN3. The zero-order valence-corrected chi connectivity index (χ0v) is 9.76. The van der Waals surface area contributed by atoms with Gasteiger partial charge < -0.3 is 5.32 Å². The Balaban J connectivity index is 2.36. The fourth-order valence-corrected chi connectivity index (χ4v) is 1.77. The molecule has 13 heavy (non-hydrogen) atoms. The average molecular weight is 246 g/mol. The molecule has 0 atom stereocenters. The summed E-state index contributed by atoms with van der Waals surface area (Å²) in [5.74, 6) is 0. The van der Waals surface area contributed by atoms with Gasteiger partial charge in [0.25, 0.3) is 0 Å². The molecule has 0 spiro atoms. The number of rotatable bonds is 5. The second-order valence-electron chi connectivity index (χ2n) is 3.06. The van der Waals surface area contributed by atoms with Crippen molar-refractivity contribution in [3.63, 3.8) is 0 Å². The van der Waals surface area contributed by atoms with Crippen LogP contribution in [0.25, 0.3) is 0 Å². The minimum atomic E-state index is 1.02. The summed E-state index contributed by atoms with van der Waals surface area (Å²) in [4.78, 5) is 0. The van der Waals surface area contributed by atoms with Gasteiger partial charge in [-0.05, 0) is 28.9 Å². The summed E-state index contributed by atoms with van der Waals surface area (Å²) in [7, 11) is 1.97. The van der Waals surface area contributed by atoms with Crippen LogP contribution in [0.5, 0.6) is 0 Å². The first-order chi connectivity index (χ1) is 6.25. The summed E-state index contributed by atoms with van der Waals surface area (Å²) in [5.41, 5.74) is 1.25. The maximum absolute atomic E-state index is 4.16. The van der Waals surface area contributed by atoms with Gasteiger partial charge in [0.05, 0.1) is 16.4 Å². The Kier molecular flexibility index (Phi) is 4.45. The Morgan fingerprint density at radius 1 is 1.54 bits per heavy atom. The van der Waals surface area contributed by atoms with E-state index < -0.39 is 0 Å². The van der Waals surface area contributed by atoms with E-state index in [1.807, 2.05) is 17.9 Å². The summed E-state index contributed by atoms with van der Waals surface area (Å²) in [6.07, 6.45) is 4.05. The number of nitrogens with zero attached hydrogens (tertiary/aromatic N) is 2. The third-order valence-electron chi connectivity index (χ3n) is 1.98. The minimum absolute atomic E-state index is 1.02. The van der Waals surface area contributed by atoms with Gasteiger partial charge >= 0.3 is 0 Å². The van der Waals surface area contributed by atoms with Gasteiger partial charge in [-0.3, -0.25) is 4.68 Å². The minimum Gasteiger partial charge on any atom is -0.316 e. The van der Waals surface area contributed by atoms with Gasteiger partial charge in [0.15, 0.2) is 0 Å². The zero-order chi connectivity index (χ0) is 9.68. The number of halogens is 1. The number of hydrogen-bond acceptors (Lipinski definition) is 2. The van der Waals surface area contributed by atoms with Crippen molar-refractivity contribution < 1.29 is 0 Å². The Morgan fingerprint density at radius 2 is 2.31 bits per heavy atom. The Labute approximate surface area is 87.6 Å². The highest BCUT2D eigenvalue weighted by atomic mass is 79.9. The SMILES string of the molecule is CCCNCCc1c(Br)cnn1C. The van der Waals surface area contributed by atoms with E-state index in [0.29, 0.717) is 0 Å². The van der Waals surface area contributed by atoms with E-state index in [2.05, 4.69) is 33.3 Å². The molecule has 0 unspecified atom stereocenters. The van der Waals surface area contributed by atoms with Crippen molar-refractivity contribution >= 4 is 15.9 Å². The van der Waals surface area contributed by atoms with E-state index in [9.17, 15) is 0 Å². The highest BCUT2D eigenvalue weighted by Gasteiger charge is 2.04. The number of aromatic nitrogens is 2. The van der Waals surface area contributed by atoms with Crippen LogP contribution in [0.1, 0.15) is 19.0 Å². The largest absolute Gasteiger partial charge is 0.316 e. The van der Waals surface area contributed by atoms with Gasteiger partial charge in [-0.15, -0.1) is 0 Å². The lowest BCUT2D eigenvalue weighted by Gasteiger charge is -2.04. The predicted molar refractivity (Wildman–Crippen MR) is 57.8 cm³/mol. The van der Waals surface area contributed by atoms with E-state index in [4.69, 9.17) is 0 Å². The molecule has 0 saturated carbocycles. The lowest BCUT2D eigenvalue weighted by Crippen LogP contribution is -2.19. The summed E-state index contributed by atoms with van der Waals surface area (Å²) >= 11 is 3.48. The van der Waals surface area contributed by atoms with Gasteiger partial charge in [-0.25, -0.2) is 0 Å². The molecule has 1 heterocycles. The standard InChI is InChI=1S/C9H16BrN3/c1-3-5-11-6-4-9-8(10)7-12-13(9)2/h7,11H,3-6H2,1-2H3. The molecule has 0 radical (unpaired) electrons. The summed E-state index contributed by atoms with van der Waals surface area (Å²) < 4.78 is 3.02. The van der Waals surface area contributed by atoms with Crippen molar-refractivity contribution in [2.75, 3.05) is 13.1 Å². The first kappa shape index (κ1) is 10.7. The van der Waals surface area contributed by atoms with E-state index in [0.717, 1.165) is 24.0 Å². The zero-order valence-electron chi connectivity index (χ0n) is 8.18. The Bertz CT molecular complexity index is 238. The second-order valence-corrected chi connectivity index (χ2v) is 3.92. The summed E-state index contributed by atoms with van der Waals surface area (Å²) in [6, 6.07) is 0. The van der Waals surface area contributed by atoms with Crippen LogP contribution in [-0.4, -0.2) is 22.9 Å². The molecule has 1 aromatic heterocycles. The number of hydrogen-bond donors (Lipinski definition) is 1. The van der Waals surface area contributed by atoms with Gasteiger partial charge in [0.1, 0.15) is 0 Å². The van der Waals surface area contributed by atoms with Crippen LogP contribution >= 0.6 is 15.9 Å². The lowest BCUT2D eigenvalue weighted by molar-refractivity contribution is 0.635. The molecular weight excluding hydrogens is 230 g/mol. The fourth-order valence-electron chi connectivity index (χ4n) is 1.23. The molecule has 0 amide bonds. The molecule has 0 aliphatic carbocycles. The van der Waals surface area contributed by atoms with Crippen LogP contribution in [0.15, 0.2) is 10.7 Å². The molecule has 4 heteroatoms. The topological polar surface area (TPSA) is 29.9 Å².